The second kappa shape index (κ2) is 10.5. The fourth-order valence-electron chi connectivity index (χ4n) is 3.11. The van der Waals surface area contributed by atoms with Crippen LogP contribution >= 0.6 is 0 Å². The van der Waals surface area contributed by atoms with Gasteiger partial charge in [-0.2, -0.15) is 0 Å². The lowest BCUT2D eigenvalue weighted by atomic mass is 10.1. The molecule has 1 heterocycles. The van der Waals surface area contributed by atoms with Crippen LogP contribution in [0.25, 0.3) is 0 Å². The number of nitrogens with one attached hydrogen (secondary N) is 1. The van der Waals surface area contributed by atoms with Crippen molar-refractivity contribution in [1.82, 2.24) is 9.88 Å². The molecule has 0 aliphatic carbocycles. The van der Waals surface area contributed by atoms with Gasteiger partial charge in [0.25, 0.3) is 5.56 Å². The Morgan fingerprint density at radius 2 is 1.45 bits per heavy atom. The zero-order valence-electron chi connectivity index (χ0n) is 17.1. The smallest absolute Gasteiger partial charge is 0.250 e. The predicted molar refractivity (Wildman–Crippen MR) is 116 cm³/mol. The molecule has 0 aliphatic rings. The van der Waals surface area contributed by atoms with E-state index < -0.39 is 0 Å². The van der Waals surface area contributed by atoms with Gasteiger partial charge in [-0.15, -0.1) is 0 Å². The molecule has 3 aromatic rings. The van der Waals surface area contributed by atoms with E-state index in [0.29, 0.717) is 19.8 Å². The molecule has 0 aliphatic heterocycles. The monoisotopic (exact) mass is 392 g/mol. The molecule has 2 aromatic carbocycles. The molecule has 0 amide bonds. The molecule has 0 unspecified atom stereocenters. The summed E-state index contributed by atoms with van der Waals surface area (Å²) in [6.07, 6.45) is 1.81. The SMILES string of the molecule is CCOc1ccc(CNCc2ccc(Cn3ccccc3=O)cc2)cc1OCC. The fraction of sp³-hybridized carbons (Fsp3) is 0.292. The van der Waals surface area contributed by atoms with Gasteiger partial charge in [0.15, 0.2) is 11.5 Å². The van der Waals surface area contributed by atoms with E-state index in [1.807, 2.05) is 38.2 Å². The van der Waals surface area contributed by atoms with Crippen LogP contribution in [0.4, 0.5) is 0 Å². The Hall–Kier alpha value is -3.05. The van der Waals surface area contributed by atoms with Crippen LogP contribution in [0.1, 0.15) is 30.5 Å². The molecule has 29 heavy (non-hydrogen) atoms. The lowest BCUT2D eigenvalue weighted by molar-refractivity contribution is 0.287. The van der Waals surface area contributed by atoms with E-state index in [1.54, 1.807) is 16.7 Å². The molecule has 0 saturated heterocycles. The molecular weight excluding hydrogens is 364 g/mol. The normalized spacial score (nSPS) is 10.7. The summed E-state index contributed by atoms with van der Waals surface area (Å²) in [6.45, 7) is 7.26. The summed E-state index contributed by atoms with van der Waals surface area (Å²) in [5, 5.41) is 3.47. The molecule has 5 heteroatoms. The van der Waals surface area contributed by atoms with Gasteiger partial charge in [0.1, 0.15) is 0 Å². The molecule has 0 radical (unpaired) electrons. The Bertz CT molecular complexity index is 964. The van der Waals surface area contributed by atoms with Crippen molar-refractivity contribution in [3.63, 3.8) is 0 Å². The number of aromatic nitrogens is 1. The molecule has 0 spiro atoms. The molecule has 1 aromatic heterocycles. The number of hydrogen-bond donors (Lipinski definition) is 1. The summed E-state index contributed by atoms with van der Waals surface area (Å²) >= 11 is 0. The van der Waals surface area contributed by atoms with Crippen LogP contribution in [0.5, 0.6) is 11.5 Å². The van der Waals surface area contributed by atoms with Gasteiger partial charge in [0.05, 0.1) is 19.8 Å². The highest BCUT2D eigenvalue weighted by Crippen LogP contribution is 2.28. The number of ether oxygens (including phenoxy) is 2. The first kappa shape index (κ1) is 20.7. The zero-order valence-corrected chi connectivity index (χ0v) is 17.1. The Balaban J connectivity index is 1.54. The minimum atomic E-state index is 0.0139. The second-order valence-electron chi connectivity index (χ2n) is 6.73. The second-order valence-corrected chi connectivity index (χ2v) is 6.73. The predicted octanol–water partition coefficient (Wildman–Crippen LogP) is 3.98. The highest BCUT2D eigenvalue weighted by Gasteiger charge is 2.06. The van der Waals surface area contributed by atoms with Gasteiger partial charge in [-0.1, -0.05) is 36.4 Å². The van der Waals surface area contributed by atoms with Crippen LogP contribution in [0.2, 0.25) is 0 Å². The molecule has 0 atom stereocenters. The lowest BCUT2D eigenvalue weighted by Crippen LogP contribution is -2.18. The number of pyridine rings is 1. The number of hydrogen-bond acceptors (Lipinski definition) is 4. The Labute approximate surface area is 171 Å². The van der Waals surface area contributed by atoms with Crippen LogP contribution in [-0.4, -0.2) is 17.8 Å². The number of benzene rings is 2. The van der Waals surface area contributed by atoms with E-state index in [4.69, 9.17) is 9.47 Å². The van der Waals surface area contributed by atoms with Gasteiger partial charge in [-0.05, 0) is 48.7 Å². The van der Waals surface area contributed by atoms with E-state index >= 15 is 0 Å². The third-order valence-electron chi connectivity index (χ3n) is 4.54. The highest BCUT2D eigenvalue weighted by atomic mass is 16.5. The summed E-state index contributed by atoms with van der Waals surface area (Å²) in [6, 6.07) is 19.6. The maximum Gasteiger partial charge on any atom is 0.250 e. The van der Waals surface area contributed by atoms with Crippen molar-refractivity contribution >= 4 is 0 Å². The van der Waals surface area contributed by atoms with Crippen molar-refractivity contribution in [2.24, 2.45) is 0 Å². The van der Waals surface area contributed by atoms with E-state index in [-0.39, 0.29) is 5.56 Å². The van der Waals surface area contributed by atoms with Crippen molar-refractivity contribution < 1.29 is 9.47 Å². The Morgan fingerprint density at radius 3 is 2.17 bits per heavy atom. The van der Waals surface area contributed by atoms with Crippen molar-refractivity contribution in [2.75, 3.05) is 13.2 Å². The van der Waals surface area contributed by atoms with Crippen LogP contribution in [0, 0.1) is 0 Å². The van der Waals surface area contributed by atoms with Crippen LogP contribution in [0.3, 0.4) is 0 Å². The molecule has 0 fully saturated rings. The summed E-state index contributed by atoms with van der Waals surface area (Å²) in [4.78, 5) is 11.8. The van der Waals surface area contributed by atoms with Crippen molar-refractivity contribution in [3.8, 4) is 11.5 Å². The lowest BCUT2D eigenvalue weighted by Gasteiger charge is -2.13. The Kier molecular flexibility index (Phi) is 7.47. The Morgan fingerprint density at radius 1 is 0.793 bits per heavy atom. The summed E-state index contributed by atoms with van der Waals surface area (Å²) in [5.74, 6) is 1.57. The summed E-state index contributed by atoms with van der Waals surface area (Å²) in [7, 11) is 0. The summed E-state index contributed by atoms with van der Waals surface area (Å²) in [5.41, 5.74) is 3.47. The van der Waals surface area contributed by atoms with E-state index in [1.165, 1.54) is 5.56 Å². The van der Waals surface area contributed by atoms with Gasteiger partial charge in [0, 0.05) is 25.4 Å². The summed E-state index contributed by atoms with van der Waals surface area (Å²) < 4.78 is 13.0. The molecule has 5 nitrogen and oxygen atoms in total. The minimum Gasteiger partial charge on any atom is -0.490 e. The molecule has 0 saturated carbocycles. The van der Waals surface area contributed by atoms with Gasteiger partial charge in [-0.25, -0.2) is 0 Å². The highest BCUT2D eigenvalue weighted by molar-refractivity contribution is 5.43. The van der Waals surface area contributed by atoms with E-state index in [2.05, 4.69) is 35.6 Å². The van der Waals surface area contributed by atoms with Crippen LogP contribution in [0.15, 0.2) is 71.7 Å². The average Bonchev–Trinajstić information content (AvgIpc) is 2.73. The van der Waals surface area contributed by atoms with Crippen LogP contribution < -0.4 is 20.3 Å². The largest absolute Gasteiger partial charge is 0.490 e. The van der Waals surface area contributed by atoms with Crippen molar-refractivity contribution in [2.45, 2.75) is 33.5 Å². The molecule has 1 N–H and O–H groups in total. The first-order chi connectivity index (χ1) is 14.2. The van der Waals surface area contributed by atoms with Gasteiger partial charge in [0.2, 0.25) is 0 Å². The first-order valence-corrected chi connectivity index (χ1v) is 10.0. The average molecular weight is 392 g/mol. The number of nitrogens with zero attached hydrogens (tertiary/aromatic N) is 1. The third kappa shape index (κ3) is 5.96. The standard InChI is InChI=1S/C24H28N2O3/c1-3-28-22-13-12-21(15-23(22)29-4-2)17-25-16-19-8-10-20(11-9-19)18-26-14-6-5-7-24(26)27/h5-15,25H,3-4,16-18H2,1-2H3. The quantitative estimate of drug-likeness (QED) is 0.567. The minimum absolute atomic E-state index is 0.0139. The van der Waals surface area contributed by atoms with Gasteiger partial charge < -0.3 is 19.4 Å². The zero-order chi connectivity index (χ0) is 20.5. The molecule has 3 rings (SSSR count). The van der Waals surface area contributed by atoms with E-state index in [9.17, 15) is 4.79 Å². The number of rotatable bonds is 10. The molecule has 0 bridgehead atoms. The van der Waals surface area contributed by atoms with Crippen molar-refractivity contribution in [1.29, 1.82) is 0 Å². The van der Waals surface area contributed by atoms with E-state index in [0.717, 1.165) is 35.7 Å². The topological polar surface area (TPSA) is 52.5 Å². The maximum absolute atomic E-state index is 11.8. The molecular formula is C24H28N2O3. The molecule has 152 valence electrons. The maximum atomic E-state index is 11.8. The van der Waals surface area contributed by atoms with Crippen molar-refractivity contribution in [3.05, 3.63) is 93.9 Å². The van der Waals surface area contributed by atoms with Gasteiger partial charge >= 0.3 is 0 Å². The first-order valence-electron chi connectivity index (χ1n) is 10.0. The third-order valence-corrected chi connectivity index (χ3v) is 4.54. The van der Waals surface area contributed by atoms with Gasteiger partial charge in [-0.3, -0.25) is 4.79 Å². The van der Waals surface area contributed by atoms with Crippen LogP contribution in [-0.2, 0) is 19.6 Å². The fourth-order valence-corrected chi connectivity index (χ4v) is 3.11.